The van der Waals surface area contributed by atoms with E-state index in [0.717, 1.165) is 49.1 Å². The minimum Gasteiger partial charge on any atom is -0.497 e. The van der Waals surface area contributed by atoms with E-state index in [2.05, 4.69) is 40.8 Å². The number of amides is 1. The summed E-state index contributed by atoms with van der Waals surface area (Å²) in [6, 6.07) is 0.146. The summed E-state index contributed by atoms with van der Waals surface area (Å²) in [5.74, 6) is 5.80. The summed E-state index contributed by atoms with van der Waals surface area (Å²) in [7, 11) is 3.39. The van der Waals surface area contributed by atoms with Crippen molar-refractivity contribution in [2.24, 2.45) is 22.6 Å². The molecule has 0 aromatic rings. The Hall–Kier alpha value is -3.42. The van der Waals surface area contributed by atoms with E-state index in [-0.39, 0.29) is 36.6 Å². The van der Waals surface area contributed by atoms with E-state index in [4.69, 9.17) is 15.2 Å². The first-order valence-electron chi connectivity index (χ1n) is 16.2. The number of allylic oxidation sites excluding steroid dienone is 4. The van der Waals surface area contributed by atoms with Crippen LogP contribution in [0.1, 0.15) is 51.9 Å². The number of rotatable bonds is 8. The fourth-order valence-corrected chi connectivity index (χ4v) is 6.90. The maximum Gasteiger partial charge on any atom is 0.250 e. The van der Waals surface area contributed by atoms with Gasteiger partial charge in [0, 0.05) is 101 Å². The summed E-state index contributed by atoms with van der Waals surface area (Å²) in [6.07, 6.45) is 13.5. The highest BCUT2D eigenvalue weighted by molar-refractivity contribution is 5.87. The van der Waals surface area contributed by atoms with Crippen LogP contribution in [0.2, 0.25) is 0 Å². The van der Waals surface area contributed by atoms with Gasteiger partial charge < -0.3 is 25.0 Å². The van der Waals surface area contributed by atoms with Crippen molar-refractivity contribution in [3.05, 3.63) is 58.3 Å². The average Bonchev–Trinajstić information content (AvgIpc) is 3.66. The molecular weight excluding hydrogens is 576 g/mol. The van der Waals surface area contributed by atoms with Crippen molar-refractivity contribution < 1.29 is 23.0 Å². The van der Waals surface area contributed by atoms with E-state index < -0.39 is 5.92 Å². The van der Waals surface area contributed by atoms with Crippen LogP contribution in [0.25, 0.3) is 0 Å². The van der Waals surface area contributed by atoms with Gasteiger partial charge >= 0.3 is 0 Å². The second-order valence-electron chi connectivity index (χ2n) is 12.7. The lowest BCUT2D eigenvalue weighted by atomic mass is 9.90. The monoisotopic (exact) mass is 623 g/mol. The van der Waals surface area contributed by atoms with Crippen LogP contribution in [-0.4, -0.2) is 98.9 Å². The van der Waals surface area contributed by atoms with E-state index in [1.165, 1.54) is 11.1 Å². The van der Waals surface area contributed by atoms with Crippen LogP contribution >= 0.6 is 0 Å². The molecule has 0 saturated carbocycles. The zero-order valence-electron chi connectivity index (χ0n) is 26.9. The summed E-state index contributed by atoms with van der Waals surface area (Å²) < 4.78 is 37.8. The number of alkyl halides is 2. The molecule has 244 valence electrons. The molecule has 0 aromatic carbocycles. The molecule has 45 heavy (non-hydrogen) atoms. The van der Waals surface area contributed by atoms with Gasteiger partial charge in [-0.1, -0.05) is 23.5 Å². The van der Waals surface area contributed by atoms with Crippen molar-refractivity contribution in [1.29, 1.82) is 0 Å². The molecule has 2 unspecified atom stereocenters. The smallest absolute Gasteiger partial charge is 0.250 e. The van der Waals surface area contributed by atoms with Crippen molar-refractivity contribution in [2.75, 3.05) is 60.1 Å². The van der Waals surface area contributed by atoms with Crippen LogP contribution < -0.4 is 5.73 Å². The molecule has 10 heteroatoms. The van der Waals surface area contributed by atoms with Crippen LogP contribution in [0.15, 0.2) is 63.3 Å². The van der Waals surface area contributed by atoms with E-state index >= 15 is 0 Å². The zero-order chi connectivity index (χ0) is 32.0. The summed E-state index contributed by atoms with van der Waals surface area (Å²) in [4.78, 5) is 24.0. The second kappa shape index (κ2) is 14.8. The predicted octanol–water partition coefficient (Wildman–Crippen LogP) is 4.63. The summed E-state index contributed by atoms with van der Waals surface area (Å²) >= 11 is 0. The number of likely N-dealkylation sites (tertiary alicyclic amines) is 3. The van der Waals surface area contributed by atoms with Gasteiger partial charge in [-0.3, -0.25) is 9.69 Å². The number of hydrogen-bond donors (Lipinski definition) is 1. The highest BCUT2D eigenvalue weighted by Gasteiger charge is 2.41. The van der Waals surface area contributed by atoms with Crippen molar-refractivity contribution in [1.82, 2.24) is 14.7 Å². The lowest BCUT2D eigenvalue weighted by molar-refractivity contribution is -0.125. The van der Waals surface area contributed by atoms with Gasteiger partial charge in [-0.2, -0.15) is 0 Å². The lowest BCUT2D eigenvalue weighted by Gasteiger charge is -2.30. The molecular formula is C35H47F2N5O3. The maximum absolute atomic E-state index is 13.5. The van der Waals surface area contributed by atoms with Gasteiger partial charge in [-0.15, -0.1) is 0 Å². The predicted molar refractivity (Wildman–Crippen MR) is 172 cm³/mol. The summed E-state index contributed by atoms with van der Waals surface area (Å²) in [5, 5.41) is 0. The van der Waals surface area contributed by atoms with Gasteiger partial charge in [0.2, 0.25) is 5.91 Å². The van der Waals surface area contributed by atoms with Gasteiger partial charge in [0.05, 0.1) is 13.0 Å². The number of aliphatic imine (C=N–C) groups is 1. The molecule has 4 heterocycles. The number of halogens is 2. The number of piperidine rings is 1. The van der Waals surface area contributed by atoms with E-state index in [1.807, 2.05) is 22.1 Å². The number of fused-ring (bicyclic) bond motifs is 1. The highest BCUT2D eigenvalue weighted by Crippen LogP contribution is 2.41. The molecule has 2 N–H and O–H groups in total. The SMILES string of the molecule is COCCC1=CC(OC)=CC(C#CC2CN([C@H]3CCN(C(=O)/C=C/CN4CCC(F)(F)CC4)C3)C3=C(C)CCC=NC(N)=C32)C1. The zero-order valence-corrected chi connectivity index (χ0v) is 26.9. The Labute approximate surface area is 266 Å². The fourth-order valence-electron chi connectivity index (χ4n) is 6.90. The van der Waals surface area contributed by atoms with E-state index in [0.29, 0.717) is 51.7 Å². The molecule has 4 aliphatic heterocycles. The molecule has 1 amide bonds. The molecule has 5 aliphatic rings. The van der Waals surface area contributed by atoms with Crippen LogP contribution in [0, 0.1) is 23.7 Å². The van der Waals surface area contributed by atoms with Crippen LogP contribution in [0.3, 0.4) is 0 Å². The first-order valence-corrected chi connectivity index (χ1v) is 16.2. The number of hydrogen-bond acceptors (Lipinski definition) is 7. The van der Waals surface area contributed by atoms with Crippen molar-refractivity contribution >= 4 is 12.1 Å². The molecule has 1 aliphatic carbocycles. The molecule has 5 rings (SSSR count). The third kappa shape index (κ3) is 8.25. The topological polar surface area (TPSA) is 83.6 Å². The number of ether oxygens (including phenoxy) is 2. The molecule has 3 atom stereocenters. The Morgan fingerprint density at radius 1 is 1.20 bits per heavy atom. The number of carbonyl (C=O) groups is 1. The molecule has 0 aromatic heterocycles. The molecule has 8 nitrogen and oxygen atoms in total. The van der Waals surface area contributed by atoms with Crippen molar-refractivity contribution in [3.63, 3.8) is 0 Å². The van der Waals surface area contributed by atoms with Gasteiger partial charge in [-0.05, 0) is 56.8 Å². The Balaban J connectivity index is 1.29. The standard InChI is InChI=1S/C35H47F2N5O3/c1-25-6-4-14-39-34(38)32-28(9-8-26-20-27(11-19-44-2)22-30(21-26)45-3)23-42(33(25)32)29-10-16-41(24-29)31(43)7-5-15-40-17-12-35(36,37)13-18-40/h5,7,14,21-22,26,28-29H,4,6,10-13,15-20,23-24,38H2,1-3H3/b7-5+,33-25?,34-32?,39-14?/t26?,28?,29-/m0/s1. The average molecular weight is 624 g/mol. The van der Waals surface area contributed by atoms with Crippen LogP contribution in [-0.2, 0) is 14.3 Å². The Kier molecular flexibility index (Phi) is 10.8. The van der Waals surface area contributed by atoms with E-state index in [9.17, 15) is 13.6 Å². The lowest BCUT2D eigenvalue weighted by Crippen LogP contribution is -2.39. The molecule has 3 saturated heterocycles. The molecule has 0 bridgehead atoms. The van der Waals surface area contributed by atoms with Gasteiger partial charge in [-0.25, -0.2) is 13.8 Å². The normalized spacial score (nSPS) is 27.2. The maximum atomic E-state index is 13.5. The van der Waals surface area contributed by atoms with Crippen LogP contribution in [0.4, 0.5) is 8.78 Å². The molecule has 3 fully saturated rings. The minimum absolute atomic E-state index is 0.0333. The van der Waals surface area contributed by atoms with Crippen molar-refractivity contribution in [3.8, 4) is 11.8 Å². The Bertz CT molecular complexity index is 1360. The van der Waals surface area contributed by atoms with Crippen LogP contribution in [0.5, 0.6) is 0 Å². The van der Waals surface area contributed by atoms with Gasteiger partial charge in [0.25, 0.3) is 5.92 Å². The summed E-state index contributed by atoms with van der Waals surface area (Å²) in [6.45, 7) is 6.02. The van der Waals surface area contributed by atoms with E-state index in [1.54, 1.807) is 20.3 Å². The number of nitrogens with two attached hydrogens (primary N) is 1. The minimum atomic E-state index is -2.57. The largest absolute Gasteiger partial charge is 0.497 e. The molecule has 0 radical (unpaired) electrons. The third-order valence-corrected chi connectivity index (χ3v) is 9.46. The highest BCUT2D eigenvalue weighted by atomic mass is 19.3. The fraction of sp³-hybridized carbons (Fsp3) is 0.600. The number of methoxy groups -OCH3 is 2. The van der Waals surface area contributed by atoms with Gasteiger partial charge in [0.1, 0.15) is 11.6 Å². The van der Waals surface area contributed by atoms with Gasteiger partial charge in [0.15, 0.2) is 0 Å². The number of nitrogens with zero attached hydrogens (tertiary/aromatic N) is 4. The number of carbonyl (C=O) groups excluding carboxylic acids is 1. The Morgan fingerprint density at radius 3 is 2.76 bits per heavy atom. The molecule has 0 spiro atoms. The second-order valence-corrected chi connectivity index (χ2v) is 12.7. The Morgan fingerprint density at radius 2 is 2.00 bits per heavy atom. The first kappa shape index (κ1) is 33.0. The summed E-state index contributed by atoms with van der Waals surface area (Å²) in [5.41, 5.74) is 11.3. The third-order valence-electron chi connectivity index (χ3n) is 9.46. The van der Waals surface area contributed by atoms with Crippen molar-refractivity contribution in [2.45, 2.75) is 63.8 Å². The first-order chi connectivity index (χ1) is 21.7. The quantitative estimate of drug-likeness (QED) is 0.314.